The number of hydrogen-bond donors (Lipinski definition) is 2. The number of nitriles is 1. The highest BCUT2D eigenvalue weighted by Crippen LogP contribution is 2.16. The van der Waals surface area contributed by atoms with E-state index in [1.807, 2.05) is 12.1 Å². The molecular formula is C15H23N5. The lowest BCUT2D eigenvalue weighted by molar-refractivity contribution is 0.160. The quantitative estimate of drug-likeness (QED) is 0.804. The first-order valence-corrected chi connectivity index (χ1v) is 7.35. The maximum absolute atomic E-state index is 8.89. The summed E-state index contributed by atoms with van der Waals surface area (Å²) in [6.45, 7) is 5.52. The van der Waals surface area contributed by atoms with Crippen molar-refractivity contribution in [1.82, 2.24) is 9.88 Å². The minimum absolute atomic E-state index is 0.291. The number of pyridine rings is 1. The number of aromatic nitrogens is 1. The monoisotopic (exact) mass is 273 g/mol. The molecule has 1 saturated heterocycles. The Bertz CT molecular complexity index is 480. The lowest BCUT2D eigenvalue weighted by Gasteiger charge is -2.33. The number of likely N-dealkylation sites (tertiary alicyclic amines) is 1. The van der Waals surface area contributed by atoms with E-state index in [0.29, 0.717) is 17.4 Å². The summed E-state index contributed by atoms with van der Waals surface area (Å²) in [7, 11) is 0. The number of anilines is 2. The number of rotatable bonds is 5. The number of nitrogens with zero attached hydrogens (tertiary/aromatic N) is 3. The van der Waals surface area contributed by atoms with Crippen LogP contribution in [-0.4, -0.2) is 35.6 Å². The molecule has 0 aromatic carbocycles. The zero-order chi connectivity index (χ0) is 14.4. The van der Waals surface area contributed by atoms with Crippen molar-refractivity contribution in [2.24, 2.45) is 0 Å². The van der Waals surface area contributed by atoms with Gasteiger partial charge < -0.3 is 16.0 Å². The molecule has 5 heteroatoms. The third-order valence-electron chi connectivity index (χ3n) is 3.90. The average Bonchev–Trinajstić information content (AvgIpc) is 2.47. The van der Waals surface area contributed by atoms with Crippen molar-refractivity contribution in [3.8, 4) is 6.07 Å². The predicted molar refractivity (Wildman–Crippen MR) is 81.4 cm³/mol. The van der Waals surface area contributed by atoms with Crippen LogP contribution in [0.25, 0.3) is 0 Å². The van der Waals surface area contributed by atoms with E-state index >= 15 is 0 Å². The summed E-state index contributed by atoms with van der Waals surface area (Å²) in [5, 5.41) is 12.1. The molecule has 2 rings (SSSR count). The topological polar surface area (TPSA) is 78.0 Å². The van der Waals surface area contributed by atoms with Gasteiger partial charge in [0.05, 0.1) is 5.69 Å². The zero-order valence-electron chi connectivity index (χ0n) is 12.1. The predicted octanol–water partition coefficient (Wildman–Crippen LogP) is 2.21. The van der Waals surface area contributed by atoms with Gasteiger partial charge in [0.2, 0.25) is 0 Å². The second-order valence-corrected chi connectivity index (χ2v) is 5.41. The Morgan fingerprint density at radius 1 is 1.50 bits per heavy atom. The molecule has 1 atom stereocenters. The van der Waals surface area contributed by atoms with Gasteiger partial charge in [0.25, 0.3) is 0 Å². The Morgan fingerprint density at radius 2 is 2.35 bits per heavy atom. The van der Waals surface area contributed by atoms with Crippen LogP contribution in [0.1, 0.15) is 38.3 Å². The van der Waals surface area contributed by atoms with Gasteiger partial charge >= 0.3 is 0 Å². The standard InChI is InChI=1S/C15H23N5/c1-12-5-2-3-9-20(12)10-4-8-18-15-7-6-13(17)14(11-16)19-15/h6-7,12H,2-5,8-10,17H2,1H3,(H,18,19). The Balaban J connectivity index is 1.74. The minimum Gasteiger partial charge on any atom is -0.396 e. The Hall–Kier alpha value is -1.80. The van der Waals surface area contributed by atoms with E-state index in [2.05, 4.69) is 22.1 Å². The second-order valence-electron chi connectivity index (χ2n) is 5.41. The number of nitrogens with one attached hydrogen (secondary N) is 1. The van der Waals surface area contributed by atoms with Crippen LogP contribution in [-0.2, 0) is 0 Å². The third kappa shape index (κ3) is 3.84. The van der Waals surface area contributed by atoms with E-state index in [1.54, 1.807) is 6.07 Å². The molecule has 1 unspecified atom stereocenters. The molecule has 1 fully saturated rings. The highest BCUT2D eigenvalue weighted by atomic mass is 15.2. The van der Waals surface area contributed by atoms with Crippen LogP contribution in [0.4, 0.5) is 11.5 Å². The highest BCUT2D eigenvalue weighted by Gasteiger charge is 2.16. The fraction of sp³-hybridized carbons (Fsp3) is 0.600. The molecular weight excluding hydrogens is 250 g/mol. The molecule has 1 aliphatic rings. The Morgan fingerprint density at radius 3 is 3.10 bits per heavy atom. The van der Waals surface area contributed by atoms with E-state index in [4.69, 9.17) is 11.0 Å². The lowest BCUT2D eigenvalue weighted by atomic mass is 10.0. The molecule has 3 N–H and O–H groups in total. The highest BCUT2D eigenvalue weighted by molar-refractivity contribution is 5.54. The van der Waals surface area contributed by atoms with Gasteiger partial charge in [0.1, 0.15) is 11.9 Å². The van der Waals surface area contributed by atoms with Gasteiger partial charge in [-0.1, -0.05) is 6.42 Å². The molecule has 0 aliphatic carbocycles. The van der Waals surface area contributed by atoms with Crippen LogP contribution in [0.5, 0.6) is 0 Å². The third-order valence-corrected chi connectivity index (χ3v) is 3.90. The SMILES string of the molecule is CC1CCCCN1CCCNc1ccc(N)c(C#N)n1. The number of nitrogen functional groups attached to an aromatic ring is 1. The first kappa shape index (κ1) is 14.6. The van der Waals surface area contributed by atoms with Crippen LogP contribution in [0.2, 0.25) is 0 Å². The van der Waals surface area contributed by atoms with Crippen molar-refractivity contribution in [2.45, 2.75) is 38.6 Å². The summed E-state index contributed by atoms with van der Waals surface area (Å²) in [5.41, 5.74) is 6.37. The van der Waals surface area contributed by atoms with Crippen LogP contribution < -0.4 is 11.1 Å². The smallest absolute Gasteiger partial charge is 0.165 e. The van der Waals surface area contributed by atoms with Gasteiger partial charge in [-0.15, -0.1) is 0 Å². The maximum Gasteiger partial charge on any atom is 0.165 e. The van der Waals surface area contributed by atoms with Crippen molar-refractivity contribution in [2.75, 3.05) is 30.7 Å². The fourth-order valence-electron chi connectivity index (χ4n) is 2.65. The zero-order valence-corrected chi connectivity index (χ0v) is 12.1. The molecule has 0 spiro atoms. The summed E-state index contributed by atoms with van der Waals surface area (Å²) in [4.78, 5) is 6.74. The van der Waals surface area contributed by atoms with Crippen LogP contribution >= 0.6 is 0 Å². The van der Waals surface area contributed by atoms with E-state index < -0.39 is 0 Å². The molecule has 1 aromatic rings. The van der Waals surface area contributed by atoms with Gasteiger partial charge in [0, 0.05) is 19.1 Å². The molecule has 0 bridgehead atoms. The summed E-state index contributed by atoms with van der Waals surface area (Å²) in [6.07, 6.45) is 5.09. The van der Waals surface area contributed by atoms with Crippen molar-refractivity contribution in [1.29, 1.82) is 5.26 Å². The molecule has 1 aliphatic heterocycles. The molecule has 108 valence electrons. The van der Waals surface area contributed by atoms with E-state index in [1.165, 1.54) is 25.8 Å². The first-order valence-electron chi connectivity index (χ1n) is 7.35. The summed E-state index contributed by atoms with van der Waals surface area (Å²) in [6, 6.07) is 6.25. The molecule has 0 radical (unpaired) electrons. The molecule has 5 nitrogen and oxygen atoms in total. The molecule has 2 heterocycles. The van der Waals surface area contributed by atoms with E-state index in [0.717, 1.165) is 25.3 Å². The number of hydrogen-bond acceptors (Lipinski definition) is 5. The largest absolute Gasteiger partial charge is 0.396 e. The molecule has 0 amide bonds. The van der Waals surface area contributed by atoms with Gasteiger partial charge in [-0.05, 0) is 44.9 Å². The van der Waals surface area contributed by atoms with Crippen LogP contribution in [0.3, 0.4) is 0 Å². The second kappa shape index (κ2) is 7.11. The normalized spacial score (nSPS) is 19.5. The first-order chi connectivity index (χ1) is 9.70. The summed E-state index contributed by atoms with van der Waals surface area (Å²) >= 11 is 0. The van der Waals surface area contributed by atoms with Crippen LogP contribution in [0, 0.1) is 11.3 Å². The molecule has 0 saturated carbocycles. The van der Waals surface area contributed by atoms with E-state index in [9.17, 15) is 0 Å². The van der Waals surface area contributed by atoms with Gasteiger partial charge in [-0.2, -0.15) is 5.26 Å². The average molecular weight is 273 g/mol. The molecule has 1 aromatic heterocycles. The van der Waals surface area contributed by atoms with Crippen molar-refractivity contribution < 1.29 is 0 Å². The van der Waals surface area contributed by atoms with Crippen molar-refractivity contribution in [3.05, 3.63) is 17.8 Å². The Labute approximate surface area is 120 Å². The summed E-state index contributed by atoms with van der Waals surface area (Å²) < 4.78 is 0. The van der Waals surface area contributed by atoms with Crippen molar-refractivity contribution >= 4 is 11.5 Å². The van der Waals surface area contributed by atoms with Crippen LogP contribution in [0.15, 0.2) is 12.1 Å². The van der Waals surface area contributed by atoms with Gasteiger partial charge in [-0.25, -0.2) is 4.98 Å². The number of nitrogens with two attached hydrogens (primary N) is 1. The number of piperidine rings is 1. The summed E-state index contributed by atoms with van der Waals surface area (Å²) in [5.74, 6) is 0.724. The van der Waals surface area contributed by atoms with Crippen molar-refractivity contribution in [3.63, 3.8) is 0 Å². The van der Waals surface area contributed by atoms with Gasteiger partial charge in [-0.3, -0.25) is 0 Å². The maximum atomic E-state index is 8.89. The van der Waals surface area contributed by atoms with E-state index in [-0.39, 0.29) is 0 Å². The lowest BCUT2D eigenvalue weighted by Crippen LogP contribution is -2.38. The minimum atomic E-state index is 0.291. The molecule has 20 heavy (non-hydrogen) atoms. The Kier molecular flexibility index (Phi) is 5.19. The fourth-order valence-corrected chi connectivity index (χ4v) is 2.65. The van der Waals surface area contributed by atoms with Gasteiger partial charge in [0.15, 0.2) is 5.69 Å².